The van der Waals surface area contributed by atoms with Gasteiger partial charge in [0.25, 0.3) is 0 Å². The van der Waals surface area contributed by atoms with Crippen molar-refractivity contribution in [2.45, 2.75) is 19.4 Å². The number of hydrogen-bond acceptors (Lipinski definition) is 2. The number of halogens is 2. The van der Waals surface area contributed by atoms with Gasteiger partial charge in [0.2, 0.25) is 5.91 Å². The Hall–Kier alpha value is -1.33. The number of ether oxygens (including phenoxy) is 1. The Balaban J connectivity index is 2.15. The fourth-order valence-corrected chi connectivity index (χ4v) is 4.49. The fraction of sp³-hybridized carbons (Fsp3) is 0.278. The molecule has 0 saturated heterocycles. The van der Waals surface area contributed by atoms with Crippen LogP contribution in [0, 0.1) is 0 Å². The molecule has 0 bridgehead atoms. The van der Waals surface area contributed by atoms with Crippen molar-refractivity contribution in [3.8, 4) is 5.75 Å². The summed E-state index contributed by atoms with van der Waals surface area (Å²) in [4.78, 5) is 14.1. The van der Waals surface area contributed by atoms with Gasteiger partial charge in [-0.3, -0.25) is 4.79 Å². The molecule has 1 aliphatic heterocycles. The molecule has 2 aromatic carbocycles. The SMILES string of the molecule is COc1ccc2c(c1)CCN(C(C)=O)C2c1cc(Br)cc(Br)c1. The van der Waals surface area contributed by atoms with Gasteiger partial charge in [-0.05, 0) is 53.4 Å². The normalized spacial score (nSPS) is 16.9. The summed E-state index contributed by atoms with van der Waals surface area (Å²) >= 11 is 7.09. The van der Waals surface area contributed by atoms with Gasteiger partial charge >= 0.3 is 0 Å². The number of fused-ring (bicyclic) bond motifs is 1. The monoisotopic (exact) mass is 437 g/mol. The molecule has 1 amide bonds. The highest BCUT2D eigenvalue weighted by Crippen LogP contribution is 2.38. The van der Waals surface area contributed by atoms with Crippen LogP contribution in [0.25, 0.3) is 0 Å². The summed E-state index contributed by atoms with van der Waals surface area (Å²) in [5.74, 6) is 0.946. The maximum atomic E-state index is 12.2. The molecule has 120 valence electrons. The third kappa shape index (κ3) is 3.31. The van der Waals surface area contributed by atoms with E-state index in [9.17, 15) is 4.79 Å². The van der Waals surface area contributed by atoms with Gasteiger partial charge in [-0.1, -0.05) is 37.9 Å². The average molecular weight is 439 g/mol. The van der Waals surface area contributed by atoms with Crippen molar-refractivity contribution in [1.82, 2.24) is 4.90 Å². The molecule has 0 N–H and O–H groups in total. The quantitative estimate of drug-likeness (QED) is 0.679. The van der Waals surface area contributed by atoms with E-state index in [2.05, 4.69) is 56.1 Å². The van der Waals surface area contributed by atoms with Crippen LogP contribution in [0.15, 0.2) is 45.3 Å². The molecule has 1 heterocycles. The van der Waals surface area contributed by atoms with Crippen LogP contribution in [-0.4, -0.2) is 24.5 Å². The van der Waals surface area contributed by atoms with Crippen LogP contribution >= 0.6 is 31.9 Å². The first-order valence-electron chi connectivity index (χ1n) is 7.39. The first-order chi connectivity index (χ1) is 11.0. The van der Waals surface area contributed by atoms with E-state index in [1.165, 1.54) is 5.56 Å². The molecule has 0 fully saturated rings. The minimum absolute atomic E-state index is 0.0732. The van der Waals surface area contributed by atoms with Crippen LogP contribution in [0.5, 0.6) is 5.75 Å². The van der Waals surface area contributed by atoms with Crippen LogP contribution < -0.4 is 4.74 Å². The number of benzene rings is 2. The molecule has 1 atom stereocenters. The van der Waals surface area contributed by atoms with Gasteiger partial charge in [0.1, 0.15) is 5.75 Å². The first-order valence-corrected chi connectivity index (χ1v) is 8.98. The van der Waals surface area contributed by atoms with Crippen molar-refractivity contribution in [2.24, 2.45) is 0 Å². The van der Waals surface area contributed by atoms with Crippen LogP contribution in [-0.2, 0) is 11.2 Å². The Labute approximate surface area is 152 Å². The lowest BCUT2D eigenvalue weighted by Gasteiger charge is -2.37. The summed E-state index contributed by atoms with van der Waals surface area (Å²) in [6.07, 6.45) is 0.845. The zero-order valence-corrected chi connectivity index (χ0v) is 16.1. The van der Waals surface area contributed by atoms with E-state index in [-0.39, 0.29) is 11.9 Å². The second kappa shape index (κ2) is 6.65. The van der Waals surface area contributed by atoms with E-state index in [0.29, 0.717) is 6.54 Å². The molecule has 2 aromatic rings. The van der Waals surface area contributed by atoms with E-state index in [0.717, 1.165) is 32.2 Å². The zero-order valence-electron chi connectivity index (χ0n) is 13.0. The maximum Gasteiger partial charge on any atom is 0.220 e. The molecule has 23 heavy (non-hydrogen) atoms. The van der Waals surface area contributed by atoms with Crippen LogP contribution in [0.2, 0.25) is 0 Å². The summed E-state index contributed by atoms with van der Waals surface area (Å²) in [7, 11) is 1.68. The van der Waals surface area contributed by atoms with Gasteiger partial charge in [0, 0.05) is 22.4 Å². The van der Waals surface area contributed by atoms with E-state index >= 15 is 0 Å². The third-order valence-corrected chi connectivity index (χ3v) is 5.10. The lowest BCUT2D eigenvalue weighted by molar-refractivity contribution is -0.130. The molecule has 3 nitrogen and oxygen atoms in total. The number of carbonyl (C=O) groups excluding carboxylic acids is 1. The Kier molecular flexibility index (Phi) is 4.78. The number of amides is 1. The van der Waals surface area contributed by atoms with E-state index in [1.54, 1.807) is 14.0 Å². The molecular weight excluding hydrogens is 422 g/mol. The predicted molar refractivity (Wildman–Crippen MR) is 97.8 cm³/mol. The van der Waals surface area contributed by atoms with Crippen molar-refractivity contribution < 1.29 is 9.53 Å². The van der Waals surface area contributed by atoms with E-state index in [4.69, 9.17) is 4.74 Å². The van der Waals surface area contributed by atoms with E-state index < -0.39 is 0 Å². The molecule has 3 rings (SSSR count). The molecule has 1 aliphatic rings. The Morgan fingerprint density at radius 1 is 1.17 bits per heavy atom. The van der Waals surface area contributed by atoms with Gasteiger partial charge < -0.3 is 9.64 Å². The fourth-order valence-electron chi connectivity index (χ4n) is 3.16. The van der Waals surface area contributed by atoms with E-state index in [1.807, 2.05) is 17.0 Å². The lowest BCUT2D eigenvalue weighted by Crippen LogP contribution is -2.39. The van der Waals surface area contributed by atoms with Gasteiger partial charge in [0.05, 0.1) is 13.2 Å². The van der Waals surface area contributed by atoms with Crippen molar-refractivity contribution in [3.63, 3.8) is 0 Å². The molecule has 1 unspecified atom stereocenters. The third-order valence-electron chi connectivity index (χ3n) is 4.18. The van der Waals surface area contributed by atoms with Gasteiger partial charge in [-0.25, -0.2) is 0 Å². The summed E-state index contributed by atoms with van der Waals surface area (Å²) in [6.45, 7) is 2.35. The van der Waals surface area contributed by atoms with Crippen molar-refractivity contribution in [3.05, 3.63) is 62.0 Å². The highest BCUT2D eigenvalue weighted by atomic mass is 79.9. The molecular formula is C18H17Br2NO2. The first kappa shape index (κ1) is 16.5. The number of methoxy groups -OCH3 is 1. The number of rotatable bonds is 2. The zero-order chi connectivity index (χ0) is 16.6. The second-order valence-corrected chi connectivity index (χ2v) is 7.46. The average Bonchev–Trinajstić information content (AvgIpc) is 2.52. The lowest BCUT2D eigenvalue weighted by atomic mass is 9.88. The topological polar surface area (TPSA) is 29.5 Å². The molecule has 5 heteroatoms. The Bertz CT molecular complexity index is 740. The smallest absolute Gasteiger partial charge is 0.220 e. The number of carbonyl (C=O) groups is 1. The van der Waals surface area contributed by atoms with Crippen molar-refractivity contribution >= 4 is 37.8 Å². The second-order valence-electron chi connectivity index (χ2n) is 5.63. The molecule has 0 radical (unpaired) electrons. The minimum atomic E-state index is -0.0732. The maximum absolute atomic E-state index is 12.2. The predicted octanol–water partition coefficient (Wildman–Crippen LogP) is 4.71. The largest absolute Gasteiger partial charge is 0.497 e. The van der Waals surface area contributed by atoms with Crippen LogP contribution in [0.3, 0.4) is 0 Å². The summed E-state index contributed by atoms with van der Waals surface area (Å²) in [6, 6.07) is 12.2. The highest BCUT2D eigenvalue weighted by molar-refractivity contribution is 9.11. The summed E-state index contributed by atoms with van der Waals surface area (Å²) in [5.41, 5.74) is 3.49. The molecule has 0 aliphatic carbocycles. The molecule has 0 spiro atoms. The minimum Gasteiger partial charge on any atom is -0.497 e. The van der Waals surface area contributed by atoms with Gasteiger partial charge in [0.15, 0.2) is 0 Å². The summed E-state index contributed by atoms with van der Waals surface area (Å²) < 4.78 is 7.32. The Morgan fingerprint density at radius 2 is 1.87 bits per heavy atom. The molecule has 0 aromatic heterocycles. The summed E-state index contributed by atoms with van der Waals surface area (Å²) in [5, 5.41) is 0. The highest BCUT2D eigenvalue weighted by Gasteiger charge is 2.31. The van der Waals surface area contributed by atoms with Crippen molar-refractivity contribution in [1.29, 1.82) is 0 Å². The Morgan fingerprint density at radius 3 is 2.48 bits per heavy atom. The standard InChI is InChI=1S/C18H17Br2NO2/c1-11(22)21-6-5-12-9-16(23-2)3-4-17(12)18(21)13-7-14(19)10-15(20)8-13/h3-4,7-10,18H,5-6H2,1-2H3. The van der Waals surface area contributed by atoms with Gasteiger partial charge in [-0.2, -0.15) is 0 Å². The van der Waals surface area contributed by atoms with Gasteiger partial charge in [-0.15, -0.1) is 0 Å². The van der Waals surface area contributed by atoms with Crippen molar-refractivity contribution in [2.75, 3.05) is 13.7 Å². The number of nitrogens with zero attached hydrogens (tertiary/aromatic N) is 1. The van der Waals surface area contributed by atoms with Crippen LogP contribution in [0.4, 0.5) is 0 Å². The molecule has 0 saturated carbocycles. The van der Waals surface area contributed by atoms with Crippen LogP contribution in [0.1, 0.15) is 29.7 Å². The number of hydrogen-bond donors (Lipinski definition) is 0.